The van der Waals surface area contributed by atoms with E-state index >= 15 is 0 Å². The van der Waals surface area contributed by atoms with Crippen LogP contribution in [-0.2, 0) is 47.6 Å². The molecule has 0 radical (unpaired) electrons. The van der Waals surface area contributed by atoms with Gasteiger partial charge in [-0.15, -0.1) is 0 Å². The highest BCUT2D eigenvalue weighted by atomic mass is 16.6. The quantitative estimate of drug-likeness (QED) is 0.0397. The van der Waals surface area contributed by atoms with E-state index in [0.717, 1.165) is 12.8 Å². The fourth-order valence-electron chi connectivity index (χ4n) is 4.19. The Labute approximate surface area is 413 Å². The molecule has 0 heterocycles. The topological polar surface area (TPSA) is 277 Å². The molecule has 2 aromatic carbocycles. The fraction of sp³-hybridized carbons (Fsp3) is 0.608. The van der Waals surface area contributed by atoms with Crippen molar-refractivity contribution in [3.63, 3.8) is 0 Å². The van der Waals surface area contributed by atoms with Gasteiger partial charge in [0, 0.05) is 12.8 Å². The number of carboxylic acids is 2. The van der Waals surface area contributed by atoms with Crippen LogP contribution < -0.4 is 10.6 Å². The molecule has 0 aliphatic heterocycles. The predicted octanol–water partition coefficient (Wildman–Crippen LogP) is 8.35. The standard InChI is InChI=1S/C16H22N2O5.C16H20O6.C10H20O3.C9H18O3/c1-4-16(2,3)14(21)23-10-9-17-15(22)18-12-7-5-11(6-8-12)13(19)20;1-4-16(2,3)15(20)22-10-9-21-14(19)12-8-6-5-7-11(12)13(17)18;1-6-10(3,4)9(11)13-7-8(2)12-5;1-5-9(3,4)8(11)12-6-7(2)10/h5-8H,4,9-10H2,1-3H3,(H,19,20)(H2,17,18,22);5-8H,4,9-10H2,1-3H3,(H,17,18);8H,6-7H2,1-5H3;7,10H,5-6H2,1-4H3. The SMILES string of the molecule is CCC(C)(C)C(=O)OCC(C)O.CCC(C)(C)C(=O)OCC(C)OC.CCC(C)(C)C(=O)OCCNC(=O)Nc1ccc(C(=O)O)cc1.CCC(C)(C)C(=O)OCCOC(=O)c1ccccc1C(=O)O. The number of aromatic carboxylic acids is 2. The molecule has 0 fully saturated rings. The van der Waals surface area contributed by atoms with Gasteiger partial charge in [0.2, 0.25) is 0 Å². The van der Waals surface area contributed by atoms with E-state index in [1.54, 1.807) is 47.8 Å². The first-order valence-electron chi connectivity index (χ1n) is 23.2. The number of urea groups is 1. The number of esters is 5. The highest BCUT2D eigenvalue weighted by molar-refractivity contribution is 6.02. The average molecular weight is 993 g/mol. The summed E-state index contributed by atoms with van der Waals surface area (Å²) in [7, 11) is 1.60. The van der Waals surface area contributed by atoms with E-state index in [2.05, 4.69) is 10.6 Å². The zero-order valence-electron chi connectivity index (χ0n) is 43.9. The number of rotatable bonds is 23. The van der Waals surface area contributed by atoms with Gasteiger partial charge in [-0.2, -0.15) is 0 Å². The molecule has 2 amide bonds. The van der Waals surface area contributed by atoms with Gasteiger partial charge in [0.15, 0.2) is 0 Å². The number of carbonyl (C=O) groups excluding carboxylic acids is 6. The minimum absolute atomic E-state index is 0.0309. The van der Waals surface area contributed by atoms with E-state index in [1.807, 2.05) is 62.3 Å². The van der Waals surface area contributed by atoms with Gasteiger partial charge in [-0.25, -0.2) is 19.2 Å². The molecule has 0 aliphatic rings. The van der Waals surface area contributed by atoms with Gasteiger partial charge in [0.05, 0.1) is 57.1 Å². The van der Waals surface area contributed by atoms with Gasteiger partial charge in [0.25, 0.3) is 0 Å². The van der Waals surface area contributed by atoms with Gasteiger partial charge >= 0.3 is 47.8 Å². The summed E-state index contributed by atoms with van der Waals surface area (Å²) in [5, 5.41) is 31.7. The molecule has 5 N–H and O–H groups in total. The molecule has 2 unspecified atom stereocenters. The molecule has 19 heteroatoms. The van der Waals surface area contributed by atoms with Crippen molar-refractivity contribution >= 4 is 53.5 Å². The number of hydrogen-bond donors (Lipinski definition) is 5. The normalized spacial score (nSPS) is 11.9. The highest BCUT2D eigenvalue weighted by Crippen LogP contribution is 2.24. The Kier molecular flexibility index (Phi) is 30.8. The van der Waals surface area contributed by atoms with Crippen LogP contribution in [0.5, 0.6) is 0 Å². The lowest BCUT2D eigenvalue weighted by atomic mass is 9.91. The van der Waals surface area contributed by atoms with E-state index in [9.17, 15) is 38.4 Å². The maximum absolute atomic E-state index is 11.8. The largest absolute Gasteiger partial charge is 0.478 e. The summed E-state index contributed by atoms with van der Waals surface area (Å²) in [4.78, 5) is 91.4. The van der Waals surface area contributed by atoms with Crippen molar-refractivity contribution in [1.82, 2.24) is 5.32 Å². The van der Waals surface area contributed by atoms with Crippen LogP contribution in [0.15, 0.2) is 48.5 Å². The lowest BCUT2D eigenvalue weighted by Crippen LogP contribution is -2.34. The number of benzene rings is 2. The molecule has 0 aliphatic carbocycles. The van der Waals surface area contributed by atoms with Crippen LogP contribution in [0, 0.1) is 21.7 Å². The molecule has 70 heavy (non-hydrogen) atoms. The highest BCUT2D eigenvalue weighted by Gasteiger charge is 2.30. The summed E-state index contributed by atoms with van der Waals surface area (Å²) in [5.41, 5.74) is -1.49. The number of hydrogen-bond acceptors (Lipinski definition) is 15. The van der Waals surface area contributed by atoms with Crippen LogP contribution in [0.3, 0.4) is 0 Å². The molecule has 2 aromatic rings. The molecule has 2 atom stereocenters. The second-order valence-electron chi connectivity index (χ2n) is 18.6. The van der Waals surface area contributed by atoms with Crippen LogP contribution in [0.1, 0.15) is 154 Å². The molecule has 0 bridgehead atoms. The lowest BCUT2D eigenvalue weighted by molar-refractivity contribution is -0.157. The Bertz CT molecular complexity index is 1960. The summed E-state index contributed by atoms with van der Waals surface area (Å²) < 4.78 is 30.0. The molecule has 0 saturated carbocycles. The van der Waals surface area contributed by atoms with Crippen LogP contribution in [0.4, 0.5) is 10.5 Å². The number of nitrogens with one attached hydrogen (secondary N) is 2. The van der Waals surface area contributed by atoms with E-state index < -0.39 is 46.3 Å². The number of carboxylic acid groups (broad SMARTS) is 2. The minimum atomic E-state index is -1.20. The van der Waals surface area contributed by atoms with Crippen molar-refractivity contribution in [2.75, 3.05) is 52.0 Å². The zero-order valence-corrected chi connectivity index (χ0v) is 43.9. The Morgan fingerprint density at radius 3 is 1.34 bits per heavy atom. The van der Waals surface area contributed by atoms with Crippen LogP contribution in [0.25, 0.3) is 0 Å². The van der Waals surface area contributed by atoms with Crippen molar-refractivity contribution < 1.29 is 82.1 Å². The Morgan fingerprint density at radius 1 is 0.543 bits per heavy atom. The average Bonchev–Trinajstić information content (AvgIpc) is 3.32. The van der Waals surface area contributed by atoms with Gasteiger partial charge in [-0.05, 0) is 131 Å². The number of anilines is 1. The number of ether oxygens (including phenoxy) is 6. The van der Waals surface area contributed by atoms with Crippen molar-refractivity contribution in [2.45, 2.75) is 135 Å². The first-order chi connectivity index (χ1) is 32.4. The second-order valence-corrected chi connectivity index (χ2v) is 18.6. The molecule has 0 saturated heterocycles. The van der Waals surface area contributed by atoms with Crippen molar-refractivity contribution in [3.8, 4) is 0 Å². The third-order valence-electron chi connectivity index (χ3n) is 11.0. The Hall–Kier alpha value is -6.08. The summed E-state index contributed by atoms with van der Waals surface area (Å²) >= 11 is 0. The monoisotopic (exact) mass is 993 g/mol. The lowest BCUT2D eigenvalue weighted by Gasteiger charge is -2.21. The number of aliphatic hydroxyl groups excluding tert-OH is 1. The third kappa shape index (κ3) is 26.6. The fourth-order valence-corrected chi connectivity index (χ4v) is 4.19. The smallest absolute Gasteiger partial charge is 0.339 e. The summed E-state index contributed by atoms with van der Waals surface area (Å²) in [6.45, 7) is 26.2. The molecule has 2 rings (SSSR count). The van der Waals surface area contributed by atoms with Gasteiger partial charge in [-0.3, -0.25) is 19.2 Å². The van der Waals surface area contributed by atoms with Crippen LogP contribution in [-0.4, -0.2) is 122 Å². The van der Waals surface area contributed by atoms with E-state index in [-0.39, 0.29) is 85.1 Å². The van der Waals surface area contributed by atoms with Crippen molar-refractivity contribution in [2.24, 2.45) is 21.7 Å². The first-order valence-corrected chi connectivity index (χ1v) is 23.2. The molecule has 396 valence electrons. The number of methoxy groups -OCH3 is 1. The maximum Gasteiger partial charge on any atom is 0.339 e. The van der Waals surface area contributed by atoms with Crippen molar-refractivity contribution in [1.29, 1.82) is 0 Å². The zero-order chi connectivity index (χ0) is 54.5. The molecule has 0 aromatic heterocycles. The summed E-state index contributed by atoms with van der Waals surface area (Å²) in [6, 6.07) is 11.1. The molecular weight excluding hydrogens is 913 g/mol. The maximum atomic E-state index is 11.8. The van der Waals surface area contributed by atoms with Gasteiger partial charge < -0.3 is 54.4 Å². The number of amides is 2. The van der Waals surface area contributed by atoms with E-state index in [0.29, 0.717) is 25.1 Å². The van der Waals surface area contributed by atoms with Crippen LogP contribution >= 0.6 is 0 Å². The van der Waals surface area contributed by atoms with Gasteiger partial charge in [-0.1, -0.05) is 39.8 Å². The number of carbonyl (C=O) groups is 8. The van der Waals surface area contributed by atoms with E-state index in [1.165, 1.54) is 42.5 Å². The third-order valence-corrected chi connectivity index (χ3v) is 11.0. The molecule has 0 spiro atoms. The molecular formula is C51H80N2O17. The van der Waals surface area contributed by atoms with Crippen LogP contribution in [0.2, 0.25) is 0 Å². The van der Waals surface area contributed by atoms with Gasteiger partial charge in [0.1, 0.15) is 33.0 Å². The minimum Gasteiger partial charge on any atom is -0.478 e. The molecule has 19 nitrogen and oxygen atoms in total. The second kappa shape index (κ2) is 32.7. The Balaban J connectivity index is 0. The first kappa shape index (κ1) is 66.0. The van der Waals surface area contributed by atoms with Crippen molar-refractivity contribution in [3.05, 3.63) is 65.2 Å². The number of aliphatic hydroxyl groups is 1. The van der Waals surface area contributed by atoms with E-state index in [4.69, 9.17) is 43.7 Å². The summed E-state index contributed by atoms with van der Waals surface area (Å²) in [5.74, 6) is -4.06. The Morgan fingerprint density at radius 2 is 0.943 bits per heavy atom. The summed E-state index contributed by atoms with van der Waals surface area (Å²) in [6.07, 6.45) is 2.22. The predicted molar refractivity (Wildman–Crippen MR) is 262 cm³/mol.